The minimum atomic E-state index is 0.0639. The molecule has 0 aliphatic heterocycles. The molecule has 0 atom stereocenters. The Kier molecular flexibility index (Phi) is 4.44. The molecule has 0 aliphatic rings. The van der Waals surface area contributed by atoms with Crippen molar-refractivity contribution in [3.8, 4) is 45.7 Å². The summed E-state index contributed by atoms with van der Waals surface area (Å²) in [4.78, 5) is 13.5. The van der Waals surface area contributed by atoms with Crippen LogP contribution in [0.25, 0.3) is 34.2 Å². The third kappa shape index (κ3) is 3.45. The Hall–Kier alpha value is -3.44. The van der Waals surface area contributed by atoms with Gasteiger partial charge in [-0.25, -0.2) is 15.0 Å². The lowest BCUT2D eigenvalue weighted by molar-refractivity contribution is 0.477. The summed E-state index contributed by atoms with van der Waals surface area (Å²) in [5.41, 5.74) is 1.70. The number of phenolic OH excluding ortho intramolecular Hbond substituents is 2. The van der Waals surface area contributed by atoms with Gasteiger partial charge in [0.2, 0.25) is 0 Å². The Morgan fingerprint density at radius 1 is 0.556 bits per heavy atom. The van der Waals surface area contributed by atoms with Crippen LogP contribution in [-0.4, -0.2) is 25.2 Å². The molecule has 0 radical (unpaired) electrons. The van der Waals surface area contributed by atoms with Gasteiger partial charge in [-0.05, 0) is 48.5 Å². The zero-order chi connectivity index (χ0) is 18.8. The molecule has 0 bridgehead atoms. The summed E-state index contributed by atoms with van der Waals surface area (Å²) in [6, 6.07) is 20.7. The minimum absolute atomic E-state index is 0.0639. The fraction of sp³-hybridized carbons (Fsp3) is 0. The number of benzene rings is 3. The maximum absolute atomic E-state index is 10.2. The highest BCUT2D eigenvalue weighted by molar-refractivity contribution is 6.30. The van der Waals surface area contributed by atoms with E-state index in [1.807, 2.05) is 0 Å². The molecular formula is C21H14ClN3O2. The topological polar surface area (TPSA) is 79.1 Å². The van der Waals surface area contributed by atoms with Crippen molar-refractivity contribution < 1.29 is 10.2 Å². The highest BCUT2D eigenvalue weighted by Gasteiger charge is 2.15. The predicted molar refractivity (Wildman–Crippen MR) is 104 cm³/mol. The van der Waals surface area contributed by atoms with Crippen LogP contribution in [-0.2, 0) is 0 Å². The maximum Gasteiger partial charge on any atom is 0.167 e. The molecule has 0 saturated heterocycles. The third-order valence-corrected chi connectivity index (χ3v) is 4.28. The number of nitrogens with zero attached hydrogens (tertiary/aromatic N) is 3. The highest BCUT2D eigenvalue weighted by Crippen LogP contribution is 2.32. The van der Waals surface area contributed by atoms with E-state index in [-0.39, 0.29) is 11.5 Å². The second-order valence-corrected chi connectivity index (χ2v) is 6.28. The molecule has 0 amide bonds. The standard InChI is InChI=1S/C21H14ClN3O2/c22-14-11-9-13(10-12-14)19-23-20(15-5-1-3-7-17(15)26)25-21(24-19)16-6-2-4-8-18(16)27/h1-12,26-27H. The van der Waals surface area contributed by atoms with Gasteiger partial charge in [-0.15, -0.1) is 0 Å². The Morgan fingerprint density at radius 3 is 1.48 bits per heavy atom. The number of rotatable bonds is 3. The maximum atomic E-state index is 10.2. The van der Waals surface area contributed by atoms with Gasteiger partial charge < -0.3 is 10.2 Å². The SMILES string of the molecule is Oc1ccccc1-c1nc(-c2ccc(Cl)cc2)nc(-c2ccccc2O)n1. The first-order valence-corrected chi connectivity index (χ1v) is 8.58. The van der Waals surface area contributed by atoms with Gasteiger partial charge in [-0.1, -0.05) is 35.9 Å². The average Bonchev–Trinajstić information content (AvgIpc) is 2.69. The van der Waals surface area contributed by atoms with Gasteiger partial charge >= 0.3 is 0 Å². The molecule has 0 unspecified atom stereocenters. The molecule has 1 heterocycles. The first kappa shape index (κ1) is 17.0. The molecule has 6 heteroatoms. The van der Waals surface area contributed by atoms with Crippen molar-refractivity contribution in [2.45, 2.75) is 0 Å². The molecule has 0 saturated carbocycles. The highest BCUT2D eigenvalue weighted by atomic mass is 35.5. The lowest BCUT2D eigenvalue weighted by atomic mass is 10.1. The van der Waals surface area contributed by atoms with Crippen LogP contribution < -0.4 is 0 Å². The monoisotopic (exact) mass is 375 g/mol. The Labute approximate surface area is 160 Å². The van der Waals surface area contributed by atoms with Crippen LogP contribution in [0.2, 0.25) is 5.02 Å². The molecule has 3 aromatic carbocycles. The Balaban J connectivity index is 1.95. The molecule has 132 valence electrons. The molecule has 1 aromatic heterocycles. The fourth-order valence-electron chi connectivity index (χ4n) is 2.67. The van der Waals surface area contributed by atoms with E-state index >= 15 is 0 Å². The molecule has 4 aromatic rings. The van der Waals surface area contributed by atoms with Gasteiger partial charge in [0.25, 0.3) is 0 Å². The van der Waals surface area contributed by atoms with Gasteiger partial charge in [0.1, 0.15) is 11.5 Å². The van der Waals surface area contributed by atoms with E-state index in [9.17, 15) is 10.2 Å². The number of para-hydroxylation sites is 2. The Bertz CT molecular complexity index is 1050. The second kappa shape index (κ2) is 7.05. The van der Waals surface area contributed by atoms with E-state index in [0.717, 1.165) is 5.56 Å². The zero-order valence-electron chi connectivity index (χ0n) is 14.0. The molecular weight excluding hydrogens is 362 g/mol. The van der Waals surface area contributed by atoms with E-state index in [1.165, 1.54) is 0 Å². The van der Waals surface area contributed by atoms with Crippen molar-refractivity contribution in [2.24, 2.45) is 0 Å². The Morgan fingerprint density at radius 2 is 1.00 bits per heavy atom. The lowest BCUT2D eigenvalue weighted by Crippen LogP contribution is -2.00. The molecule has 4 rings (SSSR count). The summed E-state index contributed by atoms with van der Waals surface area (Å²) in [6.07, 6.45) is 0. The average molecular weight is 376 g/mol. The summed E-state index contributed by atoms with van der Waals surface area (Å²) in [5.74, 6) is 1.17. The zero-order valence-corrected chi connectivity index (χ0v) is 14.8. The number of halogens is 1. The van der Waals surface area contributed by atoms with Crippen LogP contribution >= 0.6 is 11.6 Å². The smallest absolute Gasteiger partial charge is 0.167 e. The minimum Gasteiger partial charge on any atom is -0.507 e. The van der Waals surface area contributed by atoms with E-state index in [2.05, 4.69) is 15.0 Å². The van der Waals surface area contributed by atoms with Crippen molar-refractivity contribution in [2.75, 3.05) is 0 Å². The van der Waals surface area contributed by atoms with E-state index in [0.29, 0.717) is 33.6 Å². The summed E-state index contributed by atoms with van der Waals surface area (Å²) in [5, 5.41) is 21.0. The van der Waals surface area contributed by atoms with E-state index < -0.39 is 0 Å². The van der Waals surface area contributed by atoms with Crippen molar-refractivity contribution in [3.05, 3.63) is 77.8 Å². The number of aromatic hydroxyl groups is 2. The molecule has 5 nitrogen and oxygen atoms in total. The summed E-state index contributed by atoms with van der Waals surface area (Å²) < 4.78 is 0. The van der Waals surface area contributed by atoms with Gasteiger partial charge in [0, 0.05) is 10.6 Å². The van der Waals surface area contributed by atoms with Crippen LogP contribution in [0, 0.1) is 0 Å². The number of phenols is 2. The molecule has 27 heavy (non-hydrogen) atoms. The number of aromatic nitrogens is 3. The van der Waals surface area contributed by atoms with Crippen molar-refractivity contribution in [1.82, 2.24) is 15.0 Å². The lowest BCUT2D eigenvalue weighted by Gasteiger charge is -2.10. The first-order valence-electron chi connectivity index (χ1n) is 8.20. The van der Waals surface area contributed by atoms with Crippen molar-refractivity contribution in [3.63, 3.8) is 0 Å². The molecule has 0 aliphatic carbocycles. The summed E-state index contributed by atoms with van der Waals surface area (Å²) in [7, 11) is 0. The fourth-order valence-corrected chi connectivity index (χ4v) is 2.80. The molecule has 2 N–H and O–H groups in total. The third-order valence-electron chi connectivity index (χ3n) is 4.03. The summed E-state index contributed by atoms with van der Waals surface area (Å²) in [6.45, 7) is 0. The quantitative estimate of drug-likeness (QED) is 0.530. The summed E-state index contributed by atoms with van der Waals surface area (Å²) >= 11 is 5.98. The van der Waals surface area contributed by atoms with Crippen LogP contribution in [0.15, 0.2) is 72.8 Å². The van der Waals surface area contributed by atoms with E-state index in [4.69, 9.17) is 11.6 Å². The van der Waals surface area contributed by atoms with E-state index in [1.54, 1.807) is 72.8 Å². The van der Waals surface area contributed by atoms with Crippen molar-refractivity contribution in [1.29, 1.82) is 0 Å². The van der Waals surface area contributed by atoms with Crippen LogP contribution in [0.1, 0.15) is 0 Å². The molecule has 0 spiro atoms. The van der Waals surface area contributed by atoms with Gasteiger partial charge in [0.15, 0.2) is 17.5 Å². The van der Waals surface area contributed by atoms with Crippen LogP contribution in [0.3, 0.4) is 0 Å². The largest absolute Gasteiger partial charge is 0.507 e. The molecule has 0 fully saturated rings. The second-order valence-electron chi connectivity index (χ2n) is 5.85. The van der Waals surface area contributed by atoms with Gasteiger partial charge in [-0.2, -0.15) is 0 Å². The predicted octanol–water partition coefficient (Wildman–Crippen LogP) is 4.94. The normalized spacial score (nSPS) is 10.7. The first-order chi connectivity index (χ1) is 13.1. The van der Waals surface area contributed by atoms with Crippen LogP contribution in [0.4, 0.5) is 0 Å². The number of hydrogen-bond acceptors (Lipinski definition) is 5. The van der Waals surface area contributed by atoms with Gasteiger partial charge in [-0.3, -0.25) is 0 Å². The number of hydrogen-bond donors (Lipinski definition) is 2. The van der Waals surface area contributed by atoms with Crippen molar-refractivity contribution >= 4 is 11.6 Å². The van der Waals surface area contributed by atoms with Gasteiger partial charge in [0.05, 0.1) is 11.1 Å². The van der Waals surface area contributed by atoms with Crippen LogP contribution in [0.5, 0.6) is 11.5 Å².